The van der Waals surface area contributed by atoms with Gasteiger partial charge in [0.1, 0.15) is 12.7 Å². The first-order valence-corrected chi connectivity index (χ1v) is 5.26. The minimum atomic E-state index is 0.406. The fraction of sp³-hybridized carbons (Fsp3) is 0.0714. The van der Waals surface area contributed by atoms with E-state index in [0.717, 1.165) is 5.56 Å². The van der Waals surface area contributed by atoms with E-state index >= 15 is 0 Å². The molecule has 3 heteroatoms. The lowest BCUT2D eigenvalue weighted by Gasteiger charge is -2.10. The van der Waals surface area contributed by atoms with E-state index in [1.807, 2.05) is 30.3 Å². The number of nitrogen functional groups attached to an aromatic ring is 1. The molecule has 0 bridgehead atoms. The molecule has 0 radical (unpaired) electrons. The van der Waals surface area contributed by atoms with Crippen molar-refractivity contribution in [3.05, 3.63) is 59.7 Å². The maximum atomic E-state index is 8.95. The van der Waals surface area contributed by atoms with Crippen LogP contribution in [0.1, 0.15) is 11.1 Å². The zero-order valence-electron chi connectivity index (χ0n) is 9.26. The third-order valence-corrected chi connectivity index (χ3v) is 2.39. The van der Waals surface area contributed by atoms with Crippen molar-refractivity contribution < 1.29 is 4.74 Å². The molecule has 0 aliphatic rings. The first kappa shape index (κ1) is 11.0. The van der Waals surface area contributed by atoms with E-state index < -0.39 is 0 Å². The van der Waals surface area contributed by atoms with Gasteiger partial charge in [-0.25, -0.2) is 0 Å². The van der Waals surface area contributed by atoms with Gasteiger partial charge in [-0.1, -0.05) is 36.4 Å². The Morgan fingerprint density at radius 1 is 1.06 bits per heavy atom. The smallest absolute Gasteiger partial charge is 0.160 e. The Morgan fingerprint density at radius 3 is 2.53 bits per heavy atom. The molecule has 0 aliphatic heterocycles. The quantitative estimate of drug-likeness (QED) is 0.815. The molecule has 84 valence electrons. The normalized spacial score (nSPS) is 9.59. The van der Waals surface area contributed by atoms with E-state index in [1.165, 1.54) is 0 Å². The molecule has 17 heavy (non-hydrogen) atoms. The van der Waals surface area contributed by atoms with Gasteiger partial charge in [-0.05, 0) is 17.7 Å². The Labute approximate surface area is 100 Å². The van der Waals surface area contributed by atoms with Crippen LogP contribution in [0.15, 0.2) is 48.5 Å². The van der Waals surface area contributed by atoms with Crippen molar-refractivity contribution in [3.63, 3.8) is 0 Å². The highest BCUT2D eigenvalue weighted by Gasteiger charge is 2.06. The summed E-state index contributed by atoms with van der Waals surface area (Å²) in [5.74, 6) is 0.457. The molecule has 2 rings (SSSR count). The number of benzene rings is 2. The molecule has 0 aliphatic carbocycles. The summed E-state index contributed by atoms with van der Waals surface area (Å²) in [6.45, 7) is 0.406. The van der Waals surface area contributed by atoms with Gasteiger partial charge in [0.25, 0.3) is 0 Å². The molecule has 0 unspecified atom stereocenters. The fourth-order valence-corrected chi connectivity index (χ4v) is 1.53. The van der Waals surface area contributed by atoms with E-state index in [1.54, 1.807) is 18.2 Å². The highest BCUT2D eigenvalue weighted by Crippen LogP contribution is 2.26. The Balaban J connectivity index is 2.17. The van der Waals surface area contributed by atoms with Gasteiger partial charge in [0.15, 0.2) is 5.75 Å². The first-order valence-electron chi connectivity index (χ1n) is 5.26. The van der Waals surface area contributed by atoms with Crippen molar-refractivity contribution in [1.29, 1.82) is 5.26 Å². The van der Waals surface area contributed by atoms with Crippen LogP contribution in [0.3, 0.4) is 0 Å². The van der Waals surface area contributed by atoms with Gasteiger partial charge >= 0.3 is 0 Å². The molecule has 3 nitrogen and oxygen atoms in total. The lowest BCUT2D eigenvalue weighted by atomic mass is 10.2. The topological polar surface area (TPSA) is 59.0 Å². The van der Waals surface area contributed by atoms with E-state index in [9.17, 15) is 0 Å². The van der Waals surface area contributed by atoms with Gasteiger partial charge in [0.05, 0.1) is 11.3 Å². The zero-order chi connectivity index (χ0) is 12.1. The van der Waals surface area contributed by atoms with Gasteiger partial charge in [-0.2, -0.15) is 5.26 Å². The van der Waals surface area contributed by atoms with Crippen molar-refractivity contribution in [2.24, 2.45) is 0 Å². The standard InChI is InChI=1S/C14H12N2O/c15-9-12-7-4-8-13(16)14(12)17-10-11-5-2-1-3-6-11/h1-8H,10,16H2. The SMILES string of the molecule is N#Cc1cccc(N)c1OCc1ccccc1. The van der Waals surface area contributed by atoms with Crippen LogP contribution >= 0.6 is 0 Å². The lowest BCUT2D eigenvalue weighted by Crippen LogP contribution is -2.00. The Hall–Kier alpha value is -2.47. The summed E-state index contributed by atoms with van der Waals surface area (Å²) >= 11 is 0. The summed E-state index contributed by atoms with van der Waals surface area (Å²) < 4.78 is 5.60. The van der Waals surface area contributed by atoms with E-state index in [2.05, 4.69) is 6.07 Å². The molecule has 0 spiro atoms. The number of hydrogen-bond donors (Lipinski definition) is 1. The predicted octanol–water partition coefficient (Wildman–Crippen LogP) is 2.72. The van der Waals surface area contributed by atoms with Gasteiger partial charge in [0.2, 0.25) is 0 Å². The molecule has 0 heterocycles. The van der Waals surface area contributed by atoms with Gasteiger partial charge in [-0.3, -0.25) is 0 Å². The minimum absolute atomic E-state index is 0.406. The number of para-hydroxylation sites is 1. The number of nitrogens with zero attached hydrogens (tertiary/aromatic N) is 1. The van der Waals surface area contributed by atoms with E-state index in [4.69, 9.17) is 15.7 Å². The van der Waals surface area contributed by atoms with Crippen LogP contribution < -0.4 is 10.5 Å². The van der Waals surface area contributed by atoms with Crippen molar-refractivity contribution in [2.75, 3.05) is 5.73 Å². The van der Waals surface area contributed by atoms with Crippen molar-refractivity contribution >= 4 is 5.69 Å². The number of ether oxygens (including phenoxy) is 1. The zero-order valence-corrected chi connectivity index (χ0v) is 9.26. The van der Waals surface area contributed by atoms with Crippen LogP contribution in [0.2, 0.25) is 0 Å². The molecule has 2 aromatic rings. The summed E-state index contributed by atoms with van der Waals surface area (Å²) in [6.07, 6.45) is 0. The number of rotatable bonds is 3. The average Bonchev–Trinajstić information content (AvgIpc) is 2.38. The molecule has 2 aromatic carbocycles. The molecule has 0 saturated carbocycles. The molecular weight excluding hydrogens is 212 g/mol. The number of nitriles is 1. The largest absolute Gasteiger partial charge is 0.485 e. The maximum Gasteiger partial charge on any atom is 0.160 e. The highest BCUT2D eigenvalue weighted by molar-refractivity contribution is 5.60. The van der Waals surface area contributed by atoms with Gasteiger partial charge in [-0.15, -0.1) is 0 Å². The molecule has 0 aromatic heterocycles. The average molecular weight is 224 g/mol. The minimum Gasteiger partial charge on any atom is -0.485 e. The van der Waals surface area contributed by atoms with Gasteiger partial charge < -0.3 is 10.5 Å². The van der Waals surface area contributed by atoms with Crippen LogP contribution in [0.4, 0.5) is 5.69 Å². The molecule has 0 fully saturated rings. The summed E-state index contributed by atoms with van der Waals surface area (Å²) in [6, 6.07) is 17.0. The number of nitrogens with two attached hydrogens (primary N) is 1. The molecule has 0 amide bonds. The summed E-state index contributed by atoms with van der Waals surface area (Å²) in [5, 5.41) is 8.95. The van der Waals surface area contributed by atoms with Crippen molar-refractivity contribution in [2.45, 2.75) is 6.61 Å². The van der Waals surface area contributed by atoms with Crippen LogP contribution in [0.5, 0.6) is 5.75 Å². The van der Waals surface area contributed by atoms with Crippen molar-refractivity contribution in [1.82, 2.24) is 0 Å². The van der Waals surface area contributed by atoms with Crippen molar-refractivity contribution in [3.8, 4) is 11.8 Å². The Bertz CT molecular complexity index is 544. The van der Waals surface area contributed by atoms with Crippen LogP contribution in [0, 0.1) is 11.3 Å². The molecule has 0 saturated heterocycles. The fourth-order valence-electron chi connectivity index (χ4n) is 1.53. The third-order valence-electron chi connectivity index (χ3n) is 2.39. The Morgan fingerprint density at radius 2 is 1.82 bits per heavy atom. The molecular formula is C14H12N2O. The van der Waals surface area contributed by atoms with E-state index in [0.29, 0.717) is 23.6 Å². The monoisotopic (exact) mass is 224 g/mol. The maximum absolute atomic E-state index is 8.95. The lowest BCUT2D eigenvalue weighted by molar-refractivity contribution is 0.307. The van der Waals surface area contributed by atoms with Crippen LogP contribution in [-0.4, -0.2) is 0 Å². The second-order valence-electron chi connectivity index (χ2n) is 3.61. The summed E-state index contributed by atoms with van der Waals surface area (Å²) in [4.78, 5) is 0. The van der Waals surface area contributed by atoms with Gasteiger partial charge in [0, 0.05) is 0 Å². The third kappa shape index (κ3) is 2.56. The second-order valence-corrected chi connectivity index (χ2v) is 3.61. The first-order chi connectivity index (χ1) is 8.31. The highest BCUT2D eigenvalue weighted by atomic mass is 16.5. The molecule has 0 atom stereocenters. The van der Waals surface area contributed by atoms with Crippen LogP contribution in [0.25, 0.3) is 0 Å². The van der Waals surface area contributed by atoms with E-state index in [-0.39, 0.29) is 0 Å². The summed E-state index contributed by atoms with van der Waals surface area (Å²) in [7, 11) is 0. The molecule has 2 N–H and O–H groups in total. The summed E-state index contributed by atoms with van der Waals surface area (Å²) in [5.41, 5.74) is 7.77. The Kier molecular flexibility index (Phi) is 3.27. The number of anilines is 1. The predicted molar refractivity (Wildman–Crippen MR) is 66.3 cm³/mol. The second kappa shape index (κ2) is 5.04. The van der Waals surface area contributed by atoms with Crippen LogP contribution in [-0.2, 0) is 6.61 Å². The number of hydrogen-bond acceptors (Lipinski definition) is 3.